The Kier molecular flexibility index (Phi) is 5.28. The minimum absolute atomic E-state index is 0.366. The number of aromatic nitrogens is 2. The van der Waals surface area contributed by atoms with E-state index in [2.05, 4.69) is 42.1 Å². The number of hydrogen-bond acceptors (Lipinski definition) is 4. The van der Waals surface area contributed by atoms with Gasteiger partial charge < -0.3 is 10.1 Å². The van der Waals surface area contributed by atoms with E-state index in [1.165, 1.54) is 5.56 Å². The van der Waals surface area contributed by atoms with E-state index < -0.39 is 0 Å². The number of nitrogens with zero attached hydrogens (tertiary/aromatic N) is 2. The molecule has 4 nitrogen and oxygen atoms in total. The van der Waals surface area contributed by atoms with E-state index in [0.717, 1.165) is 24.5 Å². The second-order valence-corrected chi connectivity index (χ2v) is 5.41. The van der Waals surface area contributed by atoms with E-state index in [0.29, 0.717) is 17.5 Å². The molecule has 2 aromatic rings. The summed E-state index contributed by atoms with van der Waals surface area (Å²) >= 11 is 0. The topological polar surface area (TPSA) is 47.0 Å². The fourth-order valence-electron chi connectivity index (χ4n) is 1.94. The summed E-state index contributed by atoms with van der Waals surface area (Å²) in [4.78, 5) is 8.82. The average molecular weight is 285 g/mol. The quantitative estimate of drug-likeness (QED) is 0.876. The smallest absolute Gasteiger partial charge is 0.219 e. The van der Waals surface area contributed by atoms with Crippen molar-refractivity contribution in [2.45, 2.75) is 40.2 Å². The van der Waals surface area contributed by atoms with Gasteiger partial charge in [-0.25, -0.2) is 4.98 Å². The first kappa shape index (κ1) is 15.4. The summed E-state index contributed by atoms with van der Waals surface area (Å²) in [5.74, 6) is 1.70. The standard InChI is InChI=1S/C17H23N3O/c1-5-18-10-14-8-16(12(2)3)20-17(9-14)21-15-7-6-13(4)19-11-15/h6-9,11-12,18H,5,10H2,1-4H3. The van der Waals surface area contributed by atoms with E-state index in [-0.39, 0.29) is 0 Å². The monoisotopic (exact) mass is 285 g/mol. The van der Waals surface area contributed by atoms with E-state index in [1.807, 2.05) is 25.1 Å². The zero-order valence-electron chi connectivity index (χ0n) is 13.2. The predicted molar refractivity (Wildman–Crippen MR) is 84.8 cm³/mol. The van der Waals surface area contributed by atoms with Gasteiger partial charge in [0.2, 0.25) is 5.88 Å². The summed E-state index contributed by atoms with van der Waals surface area (Å²) in [5.41, 5.74) is 3.20. The van der Waals surface area contributed by atoms with Crippen molar-refractivity contribution >= 4 is 0 Å². The van der Waals surface area contributed by atoms with Crippen molar-refractivity contribution in [3.63, 3.8) is 0 Å². The molecule has 0 aliphatic heterocycles. The third-order valence-electron chi connectivity index (χ3n) is 3.16. The van der Waals surface area contributed by atoms with Gasteiger partial charge >= 0.3 is 0 Å². The molecule has 0 saturated carbocycles. The molecule has 0 unspecified atom stereocenters. The maximum Gasteiger partial charge on any atom is 0.219 e. The van der Waals surface area contributed by atoms with Gasteiger partial charge in [0, 0.05) is 24.0 Å². The Morgan fingerprint density at radius 1 is 1.24 bits per heavy atom. The van der Waals surface area contributed by atoms with Crippen LogP contribution in [0, 0.1) is 6.92 Å². The van der Waals surface area contributed by atoms with Crippen LogP contribution in [-0.4, -0.2) is 16.5 Å². The van der Waals surface area contributed by atoms with Crippen molar-refractivity contribution < 1.29 is 4.74 Å². The van der Waals surface area contributed by atoms with Gasteiger partial charge in [-0.2, -0.15) is 0 Å². The van der Waals surface area contributed by atoms with Crippen molar-refractivity contribution in [3.05, 3.63) is 47.4 Å². The Morgan fingerprint density at radius 3 is 2.67 bits per heavy atom. The Bertz CT molecular complexity index is 579. The molecule has 0 aliphatic carbocycles. The molecule has 0 saturated heterocycles. The lowest BCUT2D eigenvalue weighted by Crippen LogP contribution is -2.12. The van der Waals surface area contributed by atoms with E-state index in [4.69, 9.17) is 4.74 Å². The number of ether oxygens (including phenoxy) is 1. The van der Waals surface area contributed by atoms with Crippen LogP contribution in [0.1, 0.15) is 43.6 Å². The van der Waals surface area contributed by atoms with Gasteiger partial charge in [0.05, 0.1) is 6.20 Å². The molecular weight excluding hydrogens is 262 g/mol. The minimum atomic E-state index is 0.366. The highest BCUT2D eigenvalue weighted by atomic mass is 16.5. The van der Waals surface area contributed by atoms with Crippen LogP contribution in [0.15, 0.2) is 30.5 Å². The number of pyridine rings is 2. The van der Waals surface area contributed by atoms with Crippen molar-refractivity contribution in [1.82, 2.24) is 15.3 Å². The number of rotatable bonds is 6. The Balaban J connectivity index is 2.24. The Labute approximate surface area is 126 Å². The van der Waals surface area contributed by atoms with Crippen LogP contribution in [0.4, 0.5) is 0 Å². The third kappa shape index (κ3) is 4.53. The van der Waals surface area contributed by atoms with Crippen LogP contribution in [0.3, 0.4) is 0 Å². The van der Waals surface area contributed by atoms with Gasteiger partial charge in [-0.05, 0) is 43.1 Å². The lowest BCUT2D eigenvalue weighted by Gasteiger charge is -2.12. The van der Waals surface area contributed by atoms with Gasteiger partial charge in [-0.15, -0.1) is 0 Å². The molecule has 0 bridgehead atoms. The molecular formula is C17H23N3O. The lowest BCUT2D eigenvalue weighted by atomic mass is 10.1. The number of nitrogens with one attached hydrogen (secondary N) is 1. The largest absolute Gasteiger partial charge is 0.437 e. The SMILES string of the molecule is CCNCc1cc(Oc2ccc(C)nc2)nc(C(C)C)c1. The predicted octanol–water partition coefficient (Wildman–Crippen LogP) is 3.81. The molecule has 0 amide bonds. The van der Waals surface area contributed by atoms with Gasteiger partial charge in [0.25, 0.3) is 0 Å². The molecule has 1 N–H and O–H groups in total. The first-order chi connectivity index (χ1) is 10.1. The molecule has 2 heterocycles. The molecule has 4 heteroatoms. The molecule has 112 valence electrons. The average Bonchev–Trinajstić information content (AvgIpc) is 2.47. The summed E-state index contributed by atoms with van der Waals surface area (Å²) in [6.45, 7) is 10.1. The summed E-state index contributed by atoms with van der Waals surface area (Å²) < 4.78 is 5.84. The molecule has 0 fully saturated rings. The summed E-state index contributed by atoms with van der Waals surface area (Å²) in [6.07, 6.45) is 1.73. The highest BCUT2D eigenvalue weighted by molar-refractivity contribution is 5.31. The molecule has 0 aliphatic rings. The van der Waals surface area contributed by atoms with Crippen molar-refractivity contribution in [1.29, 1.82) is 0 Å². The molecule has 21 heavy (non-hydrogen) atoms. The second-order valence-electron chi connectivity index (χ2n) is 5.41. The number of hydrogen-bond donors (Lipinski definition) is 1. The fourth-order valence-corrected chi connectivity index (χ4v) is 1.94. The Morgan fingerprint density at radius 2 is 2.05 bits per heavy atom. The van der Waals surface area contributed by atoms with Crippen LogP contribution < -0.4 is 10.1 Å². The highest BCUT2D eigenvalue weighted by Gasteiger charge is 2.08. The van der Waals surface area contributed by atoms with Crippen LogP contribution >= 0.6 is 0 Å². The van der Waals surface area contributed by atoms with Crippen molar-refractivity contribution in [3.8, 4) is 11.6 Å². The first-order valence-electron chi connectivity index (χ1n) is 7.40. The highest BCUT2D eigenvalue weighted by Crippen LogP contribution is 2.23. The van der Waals surface area contributed by atoms with E-state index in [1.54, 1.807) is 6.20 Å². The van der Waals surface area contributed by atoms with E-state index >= 15 is 0 Å². The third-order valence-corrected chi connectivity index (χ3v) is 3.16. The molecule has 2 aromatic heterocycles. The van der Waals surface area contributed by atoms with E-state index in [9.17, 15) is 0 Å². The zero-order chi connectivity index (χ0) is 15.2. The van der Waals surface area contributed by atoms with Crippen molar-refractivity contribution in [2.75, 3.05) is 6.54 Å². The van der Waals surface area contributed by atoms with Crippen molar-refractivity contribution in [2.24, 2.45) is 0 Å². The molecule has 0 spiro atoms. The summed E-state index contributed by atoms with van der Waals surface area (Å²) in [7, 11) is 0. The van der Waals surface area contributed by atoms with Gasteiger partial charge in [-0.1, -0.05) is 20.8 Å². The fraction of sp³-hybridized carbons (Fsp3) is 0.412. The molecule has 0 atom stereocenters. The molecule has 0 radical (unpaired) electrons. The van der Waals surface area contributed by atoms with Gasteiger partial charge in [0.1, 0.15) is 5.75 Å². The zero-order valence-corrected chi connectivity index (χ0v) is 13.2. The lowest BCUT2D eigenvalue weighted by molar-refractivity contribution is 0.456. The summed E-state index contributed by atoms with van der Waals surface area (Å²) in [5, 5.41) is 3.33. The van der Waals surface area contributed by atoms with Crippen LogP contribution in [0.5, 0.6) is 11.6 Å². The summed E-state index contributed by atoms with van der Waals surface area (Å²) in [6, 6.07) is 7.96. The second kappa shape index (κ2) is 7.18. The first-order valence-corrected chi connectivity index (χ1v) is 7.40. The van der Waals surface area contributed by atoms with Gasteiger partial charge in [-0.3, -0.25) is 4.98 Å². The van der Waals surface area contributed by atoms with Crippen LogP contribution in [0.25, 0.3) is 0 Å². The minimum Gasteiger partial charge on any atom is -0.437 e. The van der Waals surface area contributed by atoms with Crippen LogP contribution in [-0.2, 0) is 6.54 Å². The Hall–Kier alpha value is -1.94. The normalized spacial score (nSPS) is 10.9. The molecule has 2 rings (SSSR count). The number of aryl methyl sites for hydroxylation is 1. The maximum atomic E-state index is 5.84. The maximum absolute atomic E-state index is 5.84. The van der Waals surface area contributed by atoms with Crippen LogP contribution in [0.2, 0.25) is 0 Å². The van der Waals surface area contributed by atoms with Gasteiger partial charge in [0.15, 0.2) is 0 Å². The molecule has 0 aromatic carbocycles.